The largest absolute Gasteiger partial charge is 0.491 e. The van der Waals surface area contributed by atoms with Crippen LogP contribution < -0.4 is 14.8 Å². The van der Waals surface area contributed by atoms with Crippen LogP contribution in [0.2, 0.25) is 0 Å². The molecule has 176 valence electrons. The molecule has 0 atom stereocenters. The zero-order valence-electron chi connectivity index (χ0n) is 19.7. The van der Waals surface area contributed by atoms with Gasteiger partial charge in [0.25, 0.3) is 0 Å². The Balaban J connectivity index is 1.75. The second kappa shape index (κ2) is 11.0. The van der Waals surface area contributed by atoms with Crippen molar-refractivity contribution in [2.24, 2.45) is 0 Å². The summed E-state index contributed by atoms with van der Waals surface area (Å²) in [6, 6.07) is 15.7. The summed E-state index contributed by atoms with van der Waals surface area (Å²) in [4.78, 5) is 19.5. The third kappa shape index (κ3) is 6.03. The first-order valence-corrected chi connectivity index (χ1v) is 11.3. The predicted octanol–water partition coefficient (Wildman–Crippen LogP) is 5.14. The first kappa shape index (κ1) is 25.0. The van der Waals surface area contributed by atoms with Crippen molar-refractivity contribution in [3.8, 4) is 17.6 Å². The maximum absolute atomic E-state index is 11.2. The van der Waals surface area contributed by atoms with Crippen LogP contribution in [0.25, 0.3) is 0 Å². The van der Waals surface area contributed by atoms with Crippen molar-refractivity contribution >= 4 is 23.5 Å². The van der Waals surface area contributed by atoms with E-state index in [-0.39, 0.29) is 23.9 Å². The van der Waals surface area contributed by atoms with Crippen LogP contribution in [0, 0.1) is 18.3 Å². The van der Waals surface area contributed by atoms with Crippen LogP contribution in [0.1, 0.15) is 48.7 Å². The van der Waals surface area contributed by atoms with Crippen LogP contribution in [0.15, 0.2) is 48.7 Å². The number of rotatable bonds is 9. The van der Waals surface area contributed by atoms with Gasteiger partial charge in [-0.1, -0.05) is 32.0 Å². The van der Waals surface area contributed by atoms with Crippen molar-refractivity contribution in [2.45, 2.75) is 39.7 Å². The van der Waals surface area contributed by atoms with Gasteiger partial charge in [-0.15, -0.1) is 11.6 Å². The van der Waals surface area contributed by atoms with Crippen molar-refractivity contribution in [3.05, 3.63) is 76.6 Å². The standard InChI is InChI=1S/C26H27ClN4O3/c1-17-13-21(14-19(15-28)24(17)33-12-10-27)26(3,4)20-5-7-23(8-6-20)34-16-22-9-11-29-25(31-22)30-18(2)32/h5-9,11,13-14H,10,12,16H2,1-4H3,(H,29,30,31,32). The van der Waals surface area contributed by atoms with Crippen molar-refractivity contribution < 1.29 is 14.3 Å². The van der Waals surface area contributed by atoms with E-state index in [1.165, 1.54) is 6.92 Å². The van der Waals surface area contributed by atoms with Gasteiger partial charge in [-0.25, -0.2) is 9.97 Å². The van der Waals surface area contributed by atoms with Crippen LogP contribution in [-0.2, 0) is 16.8 Å². The molecule has 2 aromatic carbocycles. The van der Waals surface area contributed by atoms with E-state index in [0.29, 0.717) is 35.2 Å². The highest BCUT2D eigenvalue weighted by Crippen LogP contribution is 2.36. The quantitative estimate of drug-likeness (QED) is 0.428. The first-order chi connectivity index (χ1) is 16.2. The molecule has 0 spiro atoms. The summed E-state index contributed by atoms with van der Waals surface area (Å²) < 4.78 is 11.5. The predicted molar refractivity (Wildman–Crippen MR) is 131 cm³/mol. The number of nitrogens with zero attached hydrogens (tertiary/aromatic N) is 3. The Morgan fingerprint density at radius 2 is 1.88 bits per heavy atom. The molecule has 1 heterocycles. The Hall–Kier alpha value is -3.63. The van der Waals surface area contributed by atoms with Crippen LogP contribution >= 0.6 is 11.6 Å². The lowest BCUT2D eigenvalue weighted by Crippen LogP contribution is -2.19. The number of hydrogen-bond acceptors (Lipinski definition) is 6. The molecule has 0 bridgehead atoms. The normalized spacial score (nSPS) is 10.9. The molecule has 0 aliphatic rings. The molecule has 1 amide bonds. The number of anilines is 1. The summed E-state index contributed by atoms with van der Waals surface area (Å²) in [5, 5.41) is 12.2. The van der Waals surface area contributed by atoms with Gasteiger partial charge in [0.05, 0.1) is 17.1 Å². The zero-order chi connectivity index (χ0) is 24.7. The molecule has 0 saturated heterocycles. The Kier molecular flexibility index (Phi) is 8.08. The number of aromatic nitrogens is 2. The number of halogens is 1. The van der Waals surface area contributed by atoms with E-state index >= 15 is 0 Å². The summed E-state index contributed by atoms with van der Waals surface area (Å²) >= 11 is 5.74. The molecule has 1 aromatic heterocycles. The number of carbonyl (C=O) groups excluding carboxylic acids is 1. The molecule has 3 aromatic rings. The van der Waals surface area contributed by atoms with Crippen LogP contribution in [0.5, 0.6) is 11.5 Å². The van der Waals surface area contributed by atoms with Crippen molar-refractivity contribution in [3.63, 3.8) is 0 Å². The first-order valence-electron chi connectivity index (χ1n) is 10.8. The van der Waals surface area contributed by atoms with Gasteiger partial charge in [-0.2, -0.15) is 5.26 Å². The number of hydrogen-bond donors (Lipinski definition) is 1. The number of aryl methyl sites for hydroxylation is 1. The fourth-order valence-electron chi connectivity index (χ4n) is 3.54. The van der Waals surface area contributed by atoms with Crippen LogP contribution in [0.3, 0.4) is 0 Å². The summed E-state index contributed by atoms with van der Waals surface area (Å²) in [5.41, 5.74) is 3.79. The lowest BCUT2D eigenvalue weighted by atomic mass is 9.77. The topological polar surface area (TPSA) is 97.1 Å². The molecule has 0 unspecified atom stereocenters. The van der Waals surface area contributed by atoms with E-state index in [9.17, 15) is 10.1 Å². The van der Waals surface area contributed by atoms with Gasteiger partial charge < -0.3 is 9.47 Å². The number of carbonyl (C=O) groups is 1. The van der Waals surface area contributed by atoms with Gasteiger partial charge >= 0.3 is 0 Å². The zero-order valence-corrected chi connectivity index (χ0v) is 20.4. The highest BCUT2D eigenvalue weighted by Gasteiger charge is 2.25. The molecule has 3 rings (SSSR count). The molecular weight excluding hydrogens is 452 g/mol. The molecule has 34 heavy (non-hydrogen) atoms. The highest BCUT2D eigenvalue weighted by atomic mass is 35.5. The number of alkyl halides is 1. The van der Waals surface area contributed by atoms with E-state index in [4.69, 9.17) is 21.1 Å². The monoisotopic (exact) mass is 478 g/mol. The summed E-state index contributed by atoms with van der Waals surface area (Å²) in [6.07, 6.45) is 1.58. The van der Waals surface area contributed by atoms with Gasteiger partial charge in [0.15, 0.2) is 0 Å². The molecule has 0 saturated carbocycles. The summed E-state index contributed by atoms with van der Waals surface area (Å²) in [5.74, 6) is 1.65. The van der Waals surface area contributed by atoms with Crippen LogP contribution in [0.4, 0.5) is 5.95 Å². The molecule has 0 aliphatic heterocycles. The van der Waals surface area contributed by atoms with Crippen molar-refractivity contribution in [2.75, 3.05) is 17.8 Å². The van der Waals surface area contributed by atoms with Gasteiger partial charge in [-0.05, 0) is 47.9 Å². The van der Waals surface area contributed by atoms with Gasteiger partial charge in [0.1, 0.15) is 30.8 Å². The Morgan fingerprint density at radius 3 is 2.53 bits per heavy atom. The minimum absolute atomic E-state index is 0.231. The molecule has 7 nitrogen and oxygen atoms in total. The molecule has 0 radical (unpaired) electrons. The average molecular weight is 479 g/mol. The minimum atomic E-state index is -0.347. The van der Waals surface area contributed by atoms with Crippen molar-refractivity contribution in [1.29, 1.82) is 5.26 Å². The number of nitrogens with one attached hydrogen (secondary N) is 1. The van der Waals surface area contributed by atoms with Crippen molar-refractivity contribution in [1.82, 2.24) is 9.97 Å². The lowest BCUT2D eigenvalue weighted by molar-refractivity contribution is -0.114. The van der Waals surface area contributed by atoms with Gasteiger partial charge in [0.2, 0.25) is 11.9 Å². The summed E-state index contributed by atoms with van der Waals surface area (Å²) in [7, 11) is 0. The highest BCUT2D eigenvalue weighted by molar-refractivity contribution is 6.18. The fraction of sp³-hybridized carbons (Fsp3) is 0.308. The fourth-order valence-corrected chi connectivity index (χ4v) is 3.61. The average Bonchev–Trinajstić information content (AvgIpc) is 2.81. The molecule has 0 fully saturated rings. The third-order valence-electron chi connectivity index (χ3n) is 5.40. The third-order valence-corrected chi connectivity index (χ3v) is 5.56. The smallest absolute Gasteiger partial charge is 0.229 e. The van der Waals surface area contributed by atoms with E-state index in [1.54, 1.807) is 12.3 Å². The maximum atomic E-state index is 11.2. The van der Waals surface area contributed by atoms with Gasteiger partial charge in [0, 0.05) is 18.5 Å². The van der Waals surface area contributed by atoms with Crippen LogP contribution in [-0.4, -0.2) is 28.4 Å². The lowest BCUT2D eigenvalue weighted by Gasteiger charge is -2.27. The minimum Gasteiger partial charge on any atom is -0.491 e. The van der Waals surface area contributed by atoms with Gasteiger partial charge in [-0.3, -0.25) is 10.1 Å². The van der Waals surface area contributed by atoms with E-state index in [1.807, 2.05) is 37.3 Å². The van der Waals surface area contributed by atoms with E-state index in [2.05, 4.69) is 41.3 Å². The maximum Gasteiger partial charge on any atom is 0.229 e. The Morgan fingerprint density at radius 1 is 1.15 bits per heavy atom. The number of nitriles is 1. The second-order valence-corrected chi connectivity index (χ2v) is 8.69. The SMILES string of the molecule is CC(=O)Nc1nccc(COc2ccc(C(C)(C)c3cc(C)c(OCCCl)c(C#N)c3)cc2)n1. The van der Waals surface area contributed by atoms with E-state index < -0.39 is 0 Å². The number of ether oxygens (including phenoxy) is 2. The molecule has 0 aliphatic carbocycles. The molecule has 8 heteroatoms. The summed E-state index contributed by atoms with van der Waals surface area (Å²) in [6.45, 7) is 8.16. The number of amides is 1. The number of benzene rings is 2. The second-order valence-electron chi connectivity index (χ2n) is 8.31. The molecule has 1 N–H and O–H groups in total. The molecular formula is C26H27ClN4O3. The van der Waals surface area contributed by atoms with E-state index in [0.717, 1.165) is 16.7 Å². The Bertz CT molecular complexity index is 1200. The Labute approximate surface area is 204 Å².